The van der Waals surface area contributed by atoms with E-state index in [1.165, 1.54) is 0 Å². The smallest absolute Gasteiger partial charge is 0.239 e. The largest absolute Gasteiger partial charge is 0.460 e. The first-order valence-corrected chi connectivity index (χ1v) is 5.50. The van der Waals surface area contributed by atoms with Gasteiger partial charge in [-0.25, -0.2) is 0 Å². The lowest BCUT2D eigenvalue weighted by molar-refractivity contribution is -0.240. The topological polar surface area (TPSA) is 31.0 Å². The first kappa shape index (κ1) is 9.78. The van der Waals surface area contributed by atoms with Crippen LogP contribution in [-0.4, -0.2) is 24.6 Å². The fourth-order valence-corrected chi connectivity index (χ4v) is 2.33. The second kappa shape index (κ2) is 3.56. The molecule has 0 aromatic heterocycles. The van der Waals surface area contributed by atoms with E-state index in [-0.39, 0.29) is 12.2 Å². The molecule has 3 heterocycles. The zero-order valence-corrected chi connectivity index (χ0v) is 8.86. The number of allylic oxidation sites excluding steroid dienone is 1. The van der Waals surface area contributed by atoms with Crippen LogP contribution in [0, 0.1) is 24.2 Å². The molecule has 16 heavy (non-hydrogen) atoms. The van der Waals surface area contributed by atoms with Gasteiger partial charge in [0.2, 0.25) is 5.79 Å². The number of terminal acetylenes is 1. The van der Waals surface area contributed by atoms with Crippen molar-refractivity contribution >= 4 is 0 Å². The predicted molar refractivity (Wildman–Crippen MR) is 57.0 cm³/mol. The summed E-state index contributed by atoms with van der Waals surface area (Å²) in [5.74, 6) is 7.76. The van der Waals surface area contributed by atoms with Gasteiger partial charge < -0.3 is 14.2 Å². The van der Waals surface area contributed by atoms with Gasteiger partial charge in [0.15, 0.2) is 6.10 Å². The molecule has 0 aromatic carbocycles. The zero-order chi connectivity index (χ0) is 11.0. The monoisotopic (exact) mass is 216 g/mol. The molecule has 3 saturated heterocycles. The van der Waals surface area contributed by atoms with Gasteiger partial charge in [-0.05, 0) is 24.7 Å². The van der Waals surface area contributed by atoms with Crippen LogP contribution >= 0.6 is 0 Å². The molecule has 3 atom stereocenters. The summed E-state index contributed by atoms with van der Waals surface area (Å²) in [5, 5.41) is 0. The van der Waals surface area contributed by atoms with Crippen LogP contribution in [0.25, 0.3) is 0 Å². The lowest BCUT2D eigenvalue weighted by Gasteiger charge is -2.33. The Bertz CT molecular complexity index is 426. The number of ether oxygens (including phenoxy) is 3. The van der Waals surface area contributed by atoms with Crippen molar-refractivity contribution in [3.63, 3.8) is 0 Å². The Morgan fingerprint density at radius 3 is 3.12 bits per heavy atom. The van der Waals surface area contributed by atoms with Crippen LogP contribution < -0.4 is 0 Å². The second-order valence-electron chi connectivity index (χ2n) is 4.16. The minimum absolute atomic E-state index is 0.0326. The van der Waals surface area contributed by atoms with E-state index in [9.17, 15) is 0 Å². The van der Waals surface area contributed by atoms with Crippen molar-refractivity contribution < 1.29 is 14.2 Å². The minimum atomic E-state index is -0.535. The second-order valence-corrected chi connectivity index (χ2v) is 4.16. The average Bonchev–Trinajstić information content (AvgIpc) is 3.05. The number of epoxide rings is 1. The van der Waals surface area contributed by atoms with Gasteiger partial charge in [-0.15, -0.1) is 6.42 Å². The van der Waals surface area contributed by atoms with Crippen LogP contribution in [0.5, 0.6) is 0 Å². The van der Waals surface area contributed by atoms with Gasteiger partial charge in [0.25, 0.3) is 0 Å². The van der Waals surface area contributed by atoms with E-state index in [2.05, 4.69) is 17.8 Å². The third-order valence-corrected chi connectivity index (χ3v) is 3.12. The van der Waals surface area contributed by atoms with Crippen LogP contribution in [0.15, 0.2) is 11.8 Å². The molecule has 0 aromatic rings. The molecular formula is C13H12O3. The summed E-state index contributed by atoms with van der Waals surface area (Å²) in [6, 6.07) is 0. The lowest BCUT2D eigenvalue weighted by Crippen LogP contribution is -2.41. The van der Waals surface area contributed by atoms with E-state index in [0.717, 1.165) is 31.6 Å². The minimum Gasteiger partial charge on any atom is -0.460 e. The summed E-state index contributed by atoms with van der Waals surface area (Å²) in [6.07, 6.45) is 9.94. The van der Waals surface area contributed by atoms with Gasteiger partial charge in [0, 0.05) is 12.5 Å². The maximum atomic E-state index is 5.84. The van der Waals surface area contributed by atoms with E-state index >= 15 is 0 Å². The Balaban J connectivity index is 1.78. The van der Waals surface area contributed by atoms with Gasteiger partial charge in [-0.3, -0.25) is 0 Å². The Hall–Kier alpha value is -1.42. The highest BCUT2D eigenvalue weighted by molar-refractivity contribution is 5.33. The highest BCUT2D eigenvalue weighted by Crippen LogP contribution is 2.52. The highest BCUT2D eigenvalue weighted by Gasteiger charge is 2.66. The Kier molecular flexibility index (Phi) is 2.17. The average molecular weight is 216 g/mol. The molecule has 0 saturated carbocycles. The number of fused-ring (bicyclic) bond motifs is 2. The van der Waals surface area contributed by atoms with Crippen molar-refractivity contribution in [3.05, 3.63) is 11.8 Å². The molecule has 3 rings (SSSR count). The number of rotatable bonds is 0. The molecule has 3 nitrogen and oxygen atoms in total. The molecular weight excluding hydrogens is 204 g/mol. The van der Waals surface area contributed by atoms with E-state index in [1.54, 1.807) is 6.08 Å². The zero-order valence-electron chi connectivity index (χ0n) is 8.86. The summed E-state index contributed by atoms with van der Waals surface area (Å²) in [4.78, 5) is 0. The van der Waals surface area contributed by atoms with Crippen molar-refractivity contribution in [2.75, 3.05) is 6.61 Å². The fourth-order valence-electron chi connectivity index (χ4n) is 2.33. The molecule has 82 valence electrons. The molecule has 3 aliphatic rings. The van der Waals surface area contributed by atoms with Gasteiger partial charge in [0.05, 0.1) is 6.61 Å². The summed E-state index contributed by atoms with van der Waals surface area (Å²) >= 11 is 0. The van der Waals surface area contributed by atoms with Gasteiger partial charge in [0.1, 0.15) is 11.9 Å². The van der Waals surface area contributed by atoms with E-state index < -0.39 is 5.79 Å². The molecule has 0 amide bonds. The molecule has 3 heteroatoms. The van der Waals surface area contributed by atoms with Crippen molar-refractivity contribution in [1.29, 1.82) is 0 Å². The predicted octanol–water partition coefficient (Wildman–Crippen LogP) is 1.20. The van der Waals surface area contributed by atoms with Crippen LogP contribution in [-0.2, 0) is 14.2 Å². The van der Waals surface area contributed by atoms with Crippen molar-refractivity contribution in [3.8, 4) is 24.2 Å². The van der Waals surface area contributed by atoms with Gasteiger partial charge >= 0.3 is 0 Å². The number of hydrogen-bond acceptors (Lipinski definition) is 3. The SMILES string of the molecule is C#CC#C/C=C1/O[C@]2(CCCCO2)[C@@H]2O[C@H]12. The summed E-state index contributed by atoms with van der Waals surface area (Å²) in [7, 11) is 0. The van der Waals surface area contributed by atoms with E-state index in [1.807, 2.05) is 0 Å². The summed E-state index contributed by atoms with van der Waals surface area (Å²) in [6.45, 7) is 0.746. The molecule has 0 bridgehead atoms. The first-order valence-electron chi connectivity index (χ1n) is 5.50. The summed E-state index contributed by atoms with van der Waals surface area (Å²) in [5.41, 5.74) is 0. The molecule has 0 aliphatic carbocycles. The molecule has 0 unspecified atom stereocenters. The van der Waals surface area contributed by atoms with Gasteiger partial charge in [-0.1, -0.05) is 5.92 Å². The van der Waals surface area contributed by atoms with Crippen LogP contribution in [0.4, 0.5) is 0 Å². The highest BCUT2D eigenvalue weighted by atomic mass is 16.8. The molecule has 0 N–H and O–H groups in total. The van der Waals surface area contributed by atoms with Crippen molar-refractivity contribution in [2.45, 2.75) is 37.3 Å². The van der Waals surface area contributed by atoms with Crippen LogP contribution in [0.3, 0.4) is 0 Å². The lowest BCUT2D eigenvalue weighted by atomic mass is 10.0. The third-order valence-electron chi connectivity index (χ3n) is 3.12. The molecule has 0 radical (unpaired) electrons. The van der Waals surface area contributed by atoms with Gasteiger partial charge in [-0.2, -0.15) is 0 Å². The van der Waals surface area contributed by atoms with Crippen molar-refractivity contribution in [1.82, 2.24) is 0 Å². The van der Waals surface area contributed by atoms with Crippen LogP contribution in [0.2, 0.25) is 0 Å². The fraction of sp³-hybridized carbons (Fsp3) is 0.538. The summed E-state index contributed by atoms with van der Waals surface area (Å²) < 4.78 is 17.1. The quantitative estimate of drug-likeness (QED) is 0.450. The molecule has 3 aliphatic heterocycles. The Morgan fingerprint density at radius 2 is 2.38 bits per heavy atom. The normalized spacial score (nSPS) is 41.8. The van der Waals surface area contributed by atoms with E-state index in [0.29, 0.717) is 0 Å². The number of hydrogen-bond donors (Lipinski definition) is 0. The standard InChI is InChI=1S/C13H12O3/c1-2-3-4-7-10-11-12(15-11)13(16-10)8-5-6-9-14-13/h1,7,11-12H,5-6,8-9H2/b10-7+/t11-,12-,13-/m1/s1. The molecule has 1 spiro atoms. The van der Waals surface area contributed by atoms with E-state index in [4.69, 9.17) is 20.6 Å². The Morgan fingerprint density at radius 1 is 1.44 bits per heavy atom. The first-order chi connectivity index (χ1) is 7.86. The Labute approximate surface area is 94.8 Å². The maximum Gasteiger partial charge on any atom is 0.239 e. The third kappa shape index (κ3) is 1.41. The molecule has 3 fully saturated rings. The maximum absolute atomic E-state index is 5.84. The van der Waals surface area contributed by atoms with Crippen LogP contribution in [0.1, 0.15) is 19.3 Å². The van der Waals surface area contributed by atoms with Crippen molar-refractivity contribution in [2.24, 2.45) is 0 Å².